The second kappa shape index (κ2) is 43.9. The van der Waals surface area contributed by atoms with Gasteiger partial charge in [0.15, 0.2) is 0 Å². The van der Waals surface area contributed by atoms with Crippen molar-refractivity contribution in [3.63, 3.8) is 0 Å². The first-order chi connectivity index (χ1) is 28.2. The van der Waals surface area contributed by atoms with Crippen LogP contribution in [0.1, 0.15) is 219 Å². The smallest absolute Gasteiger partial charge is 0.222 e. The average molecular weight is 797 g/mol. The van der Waals surface area contributed by atoms with Crippen LogP contribution in [0.15, 0.2) is 48.6 Å². The number of hydrogen-bond acceptors (Lipinski definition) is 4. The van der Waals surface area contributed by atoms with Crippen molar-refractivity contribution in [2.45, 2.75) is 219 Å². The number of ether oxygens (including phenoxy) is 2. The fraction of sp³-hybridized carbons (Fsp3) is 0.827. The van der Waals surface area contributed by atoms with Crippen molar-refractivity contribution in [1.29, 1.82) is 0 Å². The Morgan fingerprint density at radius 2 is 0.825 bits per heavy atom. The quantitative estimate of drug-likeness (QED) is 0.0493. The van der Waals surface area contributed by atoms with Gasteiger partial charge in [0.25, 0.3) is 0 Å². The van der Waals surface area contributed by atoms with E-state index in [9.17, 15) is 4.79 Å². The first-order valence-electron chi connectivity index (χ1n) is 25.0. The third kappa shape index (κ3) is 35.9. The summed E-state index contributed by atoms with van der Waals surface area (Å²) in [6.45, 7) is 10.1. The summed E-state index contributed by atoms with van der Waals surface area (Å²) in [6, 6.07) is 0. The maximum Gasteiger partial charge on any atom is 0.222 e. The lowest BCUT2D eigenvalue weighted by atomic mass is 9.98. The van der Waals surface area contributed by atoms with Gasteiger partial charge in [0.1, 0.15) is 0 Å². The number of likely N-dealkylation sites (tertiary alicyclic amines) is 1. The Morgan fingerprint density at radius 3 is 1.21 bits per heavy atom. The second-order valence-electron chi connectivity index (χ2n) is 17.2. The van der Waals surface area contributed by atoms with Crippen molar-refractivity contribution < 1.29 is 14.3 Å². The van der Waals surface area contributed by atoms with Crippen LogP contribution in [0.25, 0.3) is 0 Å². The highest BCUT2D eigenvalue weighted by molar-refractivity contribution is 5.76. The lowest BCUT2D eigenvalue weighted by Gasteiger charge is -2.18. The number of hydrogen-bond donors (Lipinski definition) is 1. The molecule has 1 aliphatic rings. The van der Waals surface area contributed by atoms with E-state index in [0.29, 0.717) is 30.7 Å². The van der Waals surface area contributed by atoms with Crippen LogP contribution in [-0.2, 0) is 14.3 Å². The van der Waals surface area contributed by atoms with Crippen LogP contribution >= 0.6 is 0 Å². The molecule has 1 aliphatic heterocycles. The molecule has 2 N–H and O–H groups in total. The van der Waals surface area contributed by atoms with Gasteiger partial charge in [0.2, 0.25) is 5.91 Å². The molecule has 1 fully saturated rings. The molecule has 57 heavy (non-hydrogen) atoms. The van der Waals surface area contributed by atoms with Crippen molar-refractivity contribution in [3.05, 3.63) is 48.6 Å². The summed E-state index contributed by atoms with van der Waals surface area (Å²) in [5.41, 5.74) is 5.66. The molecular formula is C52H96N2O3. The molecule has 0 aromatic heterocycles. The van der Waals surface area contributed by atoms with E-state index in [1.807, 2.05) is 0 Å². The fourth-order valence-electron chi connectivity index (χ4n) is 7.84. The van der Waals surface area contributed by atoms with Gasteiger partial charge in [0.05, 0.1) is 13.2 Å². The number of rotatable bonds is 43. The highest BCUT2D eigenvalue weighted by Gasteiger charge is 2.35. The molecule has 1 rings (SSSR count). The second-order valence-corrected chi connectivity index (χ2v) is 17.2. The summed E-state index contributed by atoms with van der Waals surface area (Å²) in [6.07, 6.45) is 58.4. The lowest BCUT2D eigenvalue weighted by Crippen LogP contribution is -2.29. The van der Waals surface area contributed by atoms with Gasteiger partial charge in [-0.15, -0.1) is 0 Å². The summed E-state index contributed by atoms with van der Waals surface area (Å²) >= 11 is 0. The Hall–Kier alpha value is -1.69. The molecule has 1 heterocycles. The number of unbranched alkanes of at least 4 members (excludes halogenated alkanes) is 24. The van der Waals surface area contributed by atoms with Gasteiger partial charge in [-0.25, -0.2) is 0 Å². The topological polar surface area (TPSA) is 64.8 Å². The number of nitrogens with zero attached hydrogens (tertiary/aromatic N) is 1. The van der Waals surface area contributed by atoms with E-state index in [2.05, 4.69) is 67.4 Å². The number of carbonyl (C=O) groups excluding carboxylic acids is 1. The van der Waals surface area contributed by atoms with Crippen molar-refractivity contribution >= 4 is 5.91 Å². The van der Waals surface area contributed by atoms with Crippen LogP contribution in [0, 0.1) is 11.8 Å². The molecule has 0 aliphatic carbocycles. The Balaban J connectivity index is 2.12. The highest BCUT2D eigenvalue weighted by atomic mass is 16.5. The van der Waals surface area contributed by atoms with Crippen LogP contribution in [0.2, 0.25) is 0 Å². The molecule has 0 spiro atoms. The van der Waals surface area contributed by atoms with Crippen molar-refractivity contribution in [1.82, 2.24) is 4.90 Å². The zero-order chi connectivity index (χ0) is 41.0. The minimum atomic E-state index is 0.300. The molecule has 2 atom stereocenters. The zero-order valence-corrected chi connectivity index (χ0v) is 38.1. The third-order valence-electron chi connectivity index (χ3n) is 11.7. The monoisotopic (exact) mass is 797 g/mol. The molecule has 1 saturated heterocycles. The Kier molecular flexibility index (Phi) is 41.1. The lowest BCUT2D eigenvalue weighted by molar-refractivity contribution is -0.130. The van der Waals surface area contributed by atoms with Gasteiger partial charge >= 0.3 is 0 Å². The number of nitrogens with two attached hydrogens (primary N) is 1. The van der Waals surface area contributed by atoms with E-state index in [4.69, 9.17) is 15.2 Å². The fourth-order valence-corrected chi connectivity index (χ4v) is 7.84. The van der Waals surface area contributed by atoms with E-state index in [-0.39, 0.29) is 0 Å². The summed E-state index contributed by atoms with van der Waals surface area (Å²) < 4.78 is 12.5. The van der Waals surface area contributed by atoms with Gasteiger partial charge in [-0.05, 0) is 96.4 Å². The number of allylic oxidation sites excluding steroid dienone is 8. The maximum atomic E-state index is 13.0. The number of amides is 1. The largest absolute Gasteiger partial charge is 0.381 e. The molecule has 5 heteroatoms. The van der Waals surface area contributed by atoms with E-state index in [1.54, 1.807) is 0 Å². The van der Waals surface area contributed by atoms with E-state index in [1.165, 1.54) is 154 Å². The minimum Gasteiger partial charge on any atom is -0.381 e. The first kappa shape index (κ1) is 53.3. The summed E-state index contributed by atoms with van der Waals surface area (Å²) in [7, 11) is 0. The molecule has 0 radical (unpaired) electrons. The van der Waals surface area contributed by atoms with Gasteiger partial charge in [-0.1, -0.05) is 172 Å². The molecule has 0 saturated carbocycles. The van der Waals surface area contributed by atoms with Crippen LogP contribution in [0.4, 0.5) is 0 Å². The van der Waals surface area contributed by atoms with Crippen LogP contribution < -0.4 is 5.73 Å². The molecule has 1 amide bonds. The van der Waals surface area contributed by atoms with Gasteiger partial charge in [-0.3, -0.25) is 4.79 Å². The molecule has 0 bridgehead atoms. The standard InChI is InChI=1S/C52H96N2O3/c1-3-5-7-9-11-13-15-17-19-21-23-25-27-29-31-33-35-40-44-56-48-50-46-54(52(55)42-38-37-39-43-53)47-51(50)49-57-45-41-36-34-32-30-28-26-24-22-20-18-16-14-12-10-8-6-4-2/h11-14,17-20,50-51H,3-10,15-16,21-49,53H2,1-2H3/b13-11-,14-12-,19-17-,20-18-/t50-,51-/m0/s1. The summed E-state index contributed by atoms with van der Waals surface area (Å²) in [5.74, 6) is 1.06. The molecule has 0 aromatic rings. The van der Waals surface area contributed by atoms with Gasteiger partial charge < -0.3 is 20.1 Å². The van der Waals surface area contributed by atoms with Crippen molar-refractivity contribution in [2.75, 3.05) is 46.1 Å². The van der Waals surface area contributed by atoms with Crippen LogP contribution in [0.3, 0.4) is 0 Å². The van der Waals surface area contributed by atoms with E-state index < -0.39 is 0 Å². The molecule has 5 nitrogen and oxygen atoms in total. The Morgan fingerprint density at radius 1 is 0.474 bits per heavy atom. The van der Waals surface area contributed by atoms with Crippen molar-refractivity contribution in [3.8, 4) is 0 Å². The highest BCUT2D eigenvalue weighted by Crippen LogP contribution is 2.26. The van der Waals surface area contributed by atoms with E-state index in [0.717, 1.165) is 84.5 Å². The predicted molar refractivity (Wildman–Crippen MR) is 250 cm³/mol. The normalized spacial score (nSPS) is 16.2. The maximum absolute atomic E-state index is 13.0. The van der Waals surface area contributed by atoms with Gasteiger partial charge in [0, 0.05) is 44.6 Å². The van der Waals surface area contributed by atoms with Crippen LogP contribution in [-0.4, -0.2) is 56.9 Å². The molecule has 0 aromatic carbocycles. The summed E-state index contributed by atoms with van der Waals surface area (Å²) in [4.78, 5) is 15.1. The summed E-state index contributed by atoms with van der Waals surface area (Å²) in [5, 5.41) is 0. The average Bonchev–Trinajstić information content (AvgIpc) is 3.63. The predicted octanol–water partition coefficient (Wildman–Crippen LogP) is 14.8. The molecular weight excluding hydrogens is 701 g/mol. The molecule has 332 valence electrons. The Labute approximate surface area is 355 Å². The Bertz CT molecular complexity index is 895. The van der Waals surface area contributed by atoms with Crippen molar-refractivity contribution in [2.24, 2.45) is 17.6 Å². The first-order valence-corrected chi connectivity index (χ1v) is 25.0. The minimum absolute atomic E-state index is 0.300. The van der Waals surface area contributed by atoms with E-state index >= 15 is 0 Å². The SMILES string of the molecule is CCCCC/C=C\C/C=C\CCCCCCCCCCOC[C@@H]1CN(C(=O)CCCCCN)C[C@H]1COCCCCCCCCCC/C=C\C/C=C\CCCCC. The van der Waals surface area contributed by atoms with Crippen LogP contribution in [0.5, 0.6) is 0 Å². The number of carbonyl (C=O) groups is 1. The van der Waals surface area contributed by atoms with Gasteiger partial charge in [-0.2, -0.15) is 0 Å². The zero-order valence-electron chi connectivity index (χ0n) is 38.1. The third-order valence-corrected chi connectivity index (χ3v) is 11.7. The molecule has 0 unspecified atom stereocenters.